The molecule has 0 saturated carbocycles. The molecule has 50 heavy (non-hydrogen) atoms. The van der Waals surface area contributed by atoms with Crippen LogP contribution in [-0.2, 0) is 22.6 Å². The average molecular weight is 716 g/mol. The lowest BCUT2D eigenvalue weighted by molar-refractivity contribution is -0.120. The Hall–Kier alpha value is -4.38. The number of carbonyl (C=O) groups excluding carboxylic acids is 2. The lowest BCUT2D eigenvalue weighted by Gasteiger charge is -2.32. The van der Waals surface area contributed by atoms with Gasteiger partial charge < -0.3 is 25.0 Å². The average Bonchev–Trinajstić information content (AvgIpc) is 3.73. The summed E-state index contributed by atoms with van der Waals surface area (Å²) in [6.45, 7) is 3.13. The van der Waals surface area contributed by atoms with E-state index in [2.05, 4.69) is 21.6 Å². The minimum atomic E-state index is 0.0857. The van der Waals surface area contributed by atoms with E-state index in [0.717, 1.165) is 78.2 Å². The highest BCUT2D eigenvalue weighted by molar-refractivity contribution is 6.39. The van der Waals surface area contributed by atoms with E-state index in [1.807, 2.05) is 54.4 Å². The van der Waals surface area contributed by atoms with Gasteiger partial charge in [-0.2, -0.15) is 0 Å². The maximum atomic E-state index is 11.7. The van der Waals surface area contributed by atoms with Gasteiger partial charge in [0.2, 0.25) is 17.7 Å². The fourth-order valence-electron chi connectivity index (χ4n) is 7.35. The predicted molar refractivity (Wildman–Crippen MR) is 196 cm³/mol. The molecule has 2 atom stereocenters. The van der Waals surface area contributed by atoms with Crippen LogP contribution in [0.1, 0.15) is 36.8 Å². The van der Waals surface area contributed by atoms with E-state index in [1.54, 1.807) is 20.4 Å². The van der Waals surface area contributed by atoms with E-state index in [1.165, 1.54) is 5.56 Å². The van der Waals surface area contributed by atoms with E-state index in [-0.39, 0.29) is 23.9 Å². The molecule has 5 heterocycles. The summed E-state index contributed by atoms with van der Waals surface area (Å²) in [5.41, 5.74) is 7.62. The normalized spacial score (nSPS) is 18.8. The summed E-state index contributed by atoms with van der Waals surface area (Å²) in [7, 11) is 5.25. The summed E-state index contributed by atoms with van der Waals surface area (Å²) in [5, 5.41) is 7.10. The number of aromatic nitrogens is 2. The molecule has 2 fully saturated rings. The molecule has 0 unspecified atom stereocenters. The molecule has 12 heteroatoms. The zero-order chi connectivity index (χ0) is 34.9. The van der Waals surface area contributed by atoms with E-state index in [4.69, 9.17) is 42.6 Å². The highest BCUT2D eigenvalue weighted by Crippen LogP contribution is 2.43. The number of hydrogen-bond donors (Lipinski definition) is 2. The first-order chi connectivity index (χ1) is 24.2. The molecular weight excluding hydrogens is 675 g/mol. The molecule has 3 aliphatic heterocycles. The first-order valence-electron chi connectivity index (χ1n) is 16.9. The monoisotopic (exact) mass is 714 g/mol. The van der Waals surface area contributed by atoms with Gasteiger partial charge in [0.15, 0.2) is 0 Å². The van der Waals surface area contributed by atoms with Crippen LogP contribution in [0.5, 0.6) is 11.6 Å². The molecule has 4 aromatic rings. The van der Waals surface area contributed by atoms with E-state index >= 15 is 0 Å². The number of likely N-dealkylation sites (N-methyl/N-ethyl adjacent to an activating group) is 1. The van der Waals surface area contributed by atoms with Gasteiger partial charge in [0, 0.05) is 92.2 Å². The summed E-state index contributed by atoms with van der Waals surface area (Å²) in [6.07, 6.45) is 5.44. The number of hydrogen-bond acceptors (Lipinski definition) is 8. The van der Waals surface area contributed by atoms with Crippen molar-refractivity contribution in [3.8, 4) is 45.3 Å². The Balaban J connectivity index is 1.16. The molecule has 0 radical (unpaired) electrons. The number of rotatable bonds is 10. The second-order valence-electron chi connectivity index (χ2n) is 13.2. The Morgan fingerprint density at radius 3 is 2.36 bits per heavy atom. The van der Waals surface area contributed by atoms with Crippen molar-refractivity contribution < 1.29 is 19.1 Å². The van der Waals surface area contributed by atoms with Crippen LogP contribution in [0.3, 0.4) is 0 Å². The lowest BCUT2D eigenvalue weighted by Crippen LogP contribution is -2.41. The van der Waals surface area contributed by atoms with Gasteiger partial charge in [-0.15, -0.1) is 0 Å². The number of fused-ring (bicyclic) bond motifs is 1. The number of anilines is 1. The Morgan fingerprint density at radius 1 is 0.900 bits per heavy atom. The van der Waals surface area contributed by atoms with Gasteiger partial charge in [0.1, 0.15) is 5.75 Å². The number of pyridine rings is 2. The summed E-state index contributed by atoms with van der Waals surface area (Å²) in [4.78, 5) is 37.4. The zero-order valence-corrected chi connectivity index (χ0v) is 29.9. The lowest BCUT2D eigenvalue weighted by atomic mass is 9.93. The van der Waals surface area contributed by atoms with Crippen LogP contribution in [0.15, 0.2) is 54.7 Å². The van der Waals surface area contributed by atoms with Crippen LogP contribution < -0.4 is 25.0 Å². The van der Waals surface area contributed by atoms with E-state index in [9.17, 15) is 9.59 Å². The Kier molecular flexibility index (Phi) is 9.86. The maximum Gasteiger partial charge on any atom is 0.237 e. The second-order valence-corrected chi connectivity index (χ2v) is 14.0. The van der Waals surface area contributed by atoms with Gasteiger partial charge in [-0.3, -0.25) is 19.5 Å². The van der Waals surface area contributed by atoms with Crippen LogP contribution in [-0.4, -0.2) is 79.7 Å². The van der Waals surface area contributed by atoms with Crippen LogP contribution in [0.2, 0.25) is 10.0 Å². The van der Waals surface area contributed by atoms with Gasteiger partial charge in [-0.25, -0.2) is 4.98 Å². The molecule has 7 rings (SSSR count). The highest BCUT2D eigenvalue weighted by Gasteiger charge is 2.28. The number of nitrogens with one attached hydrogen (secondary N) is 2. The minimum Gasteiger partial charge on any atom is -0.496 e. The van der Waals surface area contributed by atoms with E-state index < -0.39 is 0 Å². The zero-order valence-electron chi connectivity index (χ0n) is 28.4. The summed E-state index contributed by atoms with van der Waals surface area (Å²) < 4.78 is 11.6. The van der Waals surface area contributed by atoms with Crippen molar-refractivity contribution in [2.24, 2.45) is 0 Å². The third kappa shape index (κ3) is 6.84. The van der Waals surface area contributed by atoms with Crippen molar-refractivity contribution >= 4 is 40.7 Å². The number of halogens is 2. The second kappa shape index (κ2) is 14.5. The molecule has 0 bridgehead atoms. The number of ether oxygens (including phenoxy) is 2. The molecule has 3 aliphatic rings. The van der Waals surface area contributed by atoms with Gasteiger partial charge in [-0.05, 0) is 55.2 Å². The largest absolute Gasteiger partial charge is 0.496 e. The number of benzene rings is 2. The van der Waals surface area contributed by atoms with Gasteiger partial charge >= 0.3 is 0 Å². The number of nitrogens with zero attached hydrogens (tertiary/aromatic N) is 4. The molecule has 0 spiro atoms. The quantitative estimate of drug-likeness (QED) is 0.201. The summed E-state index contributed by atoms with van der Waals surface area (Å²) >= 11 is 14.3. The molecule has 2 N–H and O–H groups in total. The van der Waals surface area contributed by atoms with Crippen LogP contribution in [0.25, 0.3) is 33.6 Å². The van der Waals surface area contributed by atoms with Crippen molar-refractivity contribution in [3.05, 3.63) is 75.9 Å². The maximum absolute atomic E-state index is 11.7. The van der Waals surface area contributed by atoms with Crippen molar-refractivity contribution in [1.29, 1.82) is 0 Å². The van der Waals surface area contributed by atoms with Crippen molar-refractivity contribution in [2.45, 2.75) is 50.7 Å². The third-order valence-corrected chi connectivity index (χ3v) is 10.7. The fourth-order valence-corrected chi connectivity index (χ4v) is 7.99. The predicted octanol–water partition coefficient (Wildman–Crippen LogP) is 6.15. The number of carbonyl (C=O) groups is 2. The summed E-state index contributed by atoms with van der Waals surface area (Å²) in [5.74, 6) is 1.48. The van der Waals surface area contributed by atoms with Gasteiger partial charge in [0.05, 0.1) is 41.3 Å². The molecule has 0 aliphatic carbocycles. The topological polar surface area (TPSA) is 109 Å². The van der Waals surface area contributed by atoms with Crippen molar-refractivity contribution in [3.63, 3.8) is 0 Å². The molecule has 2 aromatic carbocycles. The van der Waals surface area contributed by atoms with Gasteiger partial charge in [-0.1, -0.05) is 41.4 Å². The van der Waals surface area contributed by atoms with Crippen molar-refractivity contribution in [2.75, 3.05) is 45.8 Å². The van der Waals surface area contributed by atoms with Crippen LogP contribution >= 0.6 is 23.2 Å². The third-order valence-electron chi connectivity index (χ3n) is 9.92. The Bertz CT molecular complexity index is 1940. The molecule has 2 amide bonds. The number of amides is 2. The summed E-state index contributed by atoms with van der Waals surface area (Å²) in [6, 6.07) is 16.0. The minimum absolute atomic E-state index is 0.0857. The Labute approximate surface area is 302 Å². The first-order valence-corrected chi connectivity index (χ1v) is 17.7. The molecule has 260 valence electrons. The molecule has 2 aromatic heterocycles. The van der Waals surface area contributed by atoms with E-state index in [0.29, 0.717) is 46.7 Å². The van der Waals surface area contributed by atoms with Crippen LogP contribution in [0.4, 0.5) is 5.69 Å². The molecule has 2 saturated heterocycles. The van der Waals surface area contributed by atoms with Crippen LogP contribution in [0, 0.1) is 0 Å². The SMILES string of the molecule is COc1cc(-c2nccc(-c3cccc(-c4ccc(N(C)C[C@@H]5CCC(=O)N5)c(OC)n4)c3Cl)c2Cl)cc2c1CN(C[C@@H]1CCC(=O)N1)CC2. The first kappa shape index (κ1) is 34.1. The molecule has 10 nitrogen and oxygen atoms in total. The van der Waals surface area contributed by atoms with Gasteiger partial charge in [0.25, 0.3) is 0 Å². The fraction of sp³-hybridized carbons (Fsp3) is 0.368. The molecular formula is C38H40Cl2N6O4. The number of methoxy groups -OCH3 is 2. The Morgan fingerprint density at radius 2 is 1.64 bits per heavy atom. The smallest absolute Gasteiger partial charge is 0.237 e. The standard InChI is InChI=1S/C38H40Cl2N6O4/c1-45(19-24-7-11-33(47)42-24)31-10-9-30(44-38(31)50-3)28-6-4-5-26(35(28)39)27-13-15-41-37(36(27)40)23-17-22-14-16-46(20-25-8-12-34(48)43-25)21-29(22)32(18-23)49-2/h4-6,9-10,13,15,17-18,24-25H,7-8,11-12,14,16,19-21H2,1-3H3,(H,42,47)(H,43,48)/t24-,25-/m0/s1. The highest BCUT2D eigenvalue weighted by atomic mass is 35.5. The van der Waals surface area contributed by atoms with Crippen molar-refractivity contribution in [1.82, 2.24) is 25.5 Å².